The number of ether oxygens (including phenoxy) is 1. The fourth-order valence-corrected chi connectivity index (χ4v) is 2.74. The van der Waals surface area contributed by atoms with E-state index in [4.69, 9.17) is 16.3 Å². The first-order valence-electron chi connectivity index (χ1n) is 6.20. The molecule has 2 unspecified atom stereocenters. The van der Waals surface area contributed by atoms with Gasteiger partial charge in [0, 0.05) is 23.9 Å². The summed E-state index contributed by atoms with van der Waals surface area (Å²) in [5, 5.41) is 4.97. The van der Waals surface area contributed by atoms with E-state index in [2.05, 4.69) is 10.3 Å². The number of para-hydroxylation sites is 1. The molecule has 2 heterocycles. The number of hydrogen-bond donors (Lipinski definition) is 1. The number of benzene rings is 1. The van der Waals surface area contributed by atoms with Crippen molar-refractivity contribution in [2.45, 2.75) is 11.6 Å². The van der Waals surface area contributed by atoms with Gasteiger partial charge in [-0.15, -0.1) is 0 Å². The summed E-state index contributed by atoms with van der Waals surface area (Å²) in [7, 11) is 0. The number of fused-ring (bicyclic) bond motifs is 1. The highest BCUT2D eigenvalue weighted by molar-refractivity contribution is 6.24. The van der Waals surface area contributed by atoms with Gasteiger partial charge in [-0.25, -0.2) is 4.79 Å². The molecule has 0 bridgehead atoms. The van der Waals surface area contributed by atoms with Gasteiger partial charge in [0.15, 0.2) is 5.50 Å². The largest absolute Gasteiger partial charge is 0.371 e. The van der Waals surface area contributed by atoms with Crippen LogP contribution < -0.4 is 15.9 Å². The minimum atomic E-state index is -0.687. The number of halogens is 1. The van der Waals surface area contributed by atoms with Gasteiger partial charge in [0.2, 0.25) is 0 Å². The van der Waals surface area contributed by atoms with Crippen molar-refractivity contribution in [1.82, 2.24) is 5.32 Å². The maximum Gasteiger partial charge on any atom is 0.160 e. The number of alkyl halides is 1. The average molecular weight is 277 g/mol. The summed E-state index contributed by atoms with van der Waals surface area (Å²) < 4.78 is 5.76. The van der Waals surface area contributed by atoms with E-state index in [0.29, 0.717) is 18.7 Å². The molecule has 1 aromatic rings. The van der Waals surface area contributed by atoms with Crippen molar-refractivity contribution in [2.75, 3.05) is 19.7 Å². The molecular weight excluding hydrogens is 264 g/mol. The normalized spacial score (nSPS) is 26.4. The Morgan fingerprint density at radius 2 is 2.26 bits per heavy atom. The zero-order valence-electron chi connectivity index (χ0n) is 10.2. The van der Waals surface area contributed by atoms with Crippen molar-refractivity contribution in [3.8, 4) is 0 Å². The second-order valence-electron chi connectivity index (χ2n) is 4.48. The molecule has 0 radical (unpaired) electrons. The van der Waals surface area contributed by atoms with Crippen molar-refractivity contribution in [2.24, 2.45) is 4.99 Å². The zero-order chi connectivity index (χ0) is 13.2. The molecule has 0 spiro atoms. The molecule has 2 aliphatic rings. The molecule has 0 aromatic heterocycles. The first kappa shape index (κ1) is 12.6. The minimum Gasteiger partial charge on any atom is -0.371 e. The summed E-state index contributed by atoms with van der Waals surface area (Å²) in [6, 6.07) is 7.65. The fraction of sp³-hybridized carbons (Fsp3) is 0.357. The highest BCUT2D eigenvalue weighted by Gasteiger charge is 2.29. The van der Waals surface area contributed by atoms with Gasteiger partial charge >= 0.3 is 0 Å². The van der Waals surface area contributed by atoms with E-state index in [-0.39, 0.29) is 6.10 Å². The summed E-state index contributed by atoms with van der Waals surface area (Å²) in [5.41, 5.74) is 0.509. The van der Waals surface area contributed by atoms with E-state index in [1.54, 1.807) is 0 Å². The van der Waals surface area contributed by atoms with Crippen LogP contribution in [0, 0.1) is 0 Å². The highest BCUT2D eigenvalue weighted by atomic mass is 35.5. The Morgan fingerprint density at radius 1 is 1.42 bits per heavy atom. The van der Waals surface area contributed by atoms with E-state index < -0.39 is 5.50 Å². The molecule has 5 heteroatoms. The van der Waals surface area contributed by atoms with Gasteiger partial charge in [0.1, 0.15) is 5.94 Å². The third-order valence-electron chi connectivity index (χ3n) is 3.33. The Labute approximate surface area is 115 Å². The van der Waals surface area contributed by atoms with E-state index >= 15 is 0 Å². The number of hydrogen-bond acceptors (Lipinski definition) is 4. The summed E-state index contributed by atoms with van der Waals surface area (Å²) in [5.74, 6) is 1.94. The Kier molecular flexibility index (Phi) is 3.49. The average Bonchev–Trinajstić information content (AvgIpc) is 2.46. The van der Waals surface area contributed by atoms with Gasteiger partial charge in [-0.3, -0.25) is 4.99 Å². The lowest BCUT2D eigenvalue weighted by atomic mass is 9.95. The molecule has 4 nitrogen and oxygen atoms in total. The Balaban J connectivity index is 2.25. The third-order valence-corrected chi connectivity index (χ3v) is 3.65. The van der Waals surface area contributed by atoms with Gasteiger partial charge in [-0.05, 0) is 6.07 Å². The van der Waals surface area contributed by atoms with Crippen LogP contribution in [0.4, 0.5) is 0 Å². The molecule has 1 aromatic carbocycles. The molecule has 2 aliphatic heterocycles. The standard InChI is InChI=1S/C14H13ClN2O2/c15-14-10(8-18)13(12-7-16-5-6-19-12)9-3-1-2-4-11(9)17-14/h1-4,12,14,16H,5-7H2. The molecule has 1 saturated heterocycles. The second-order valence-corrected chi connectivity index (χ2v) is 4.89. The van der Waals surface area contributed by atoms with Crippen LogP contribution >= 0.6 is 11.6 Å². The number of rotatable bonds is 1. The van der Waals surface area contributed by atoms with Crippen LogP contribution in [0.1, 0.15) is 0 Å². The van der Waals surface area contributed by atoms with Gasteiger partial charge in [0.05, 0.1) is 23.6 Å². The van der Waals surface area contributed by atoms with Crippen LogP contribution in [-0.2, 0) is 9.53 Å². The van der Waals surface area contributed by atoms with Crippen molar-refractivity contribution in [1.29, 1.82) is 0 Å². The lowest BCUT2D eigenvalue weighted by molar-refractivity contribution is 0.0646. The van der Waals surface area contributed by atoms with Gasteiger partial charge < -0.3 is 10.1 Å². The SMILES string of the molecule is O=C=C1C(C2CNCCO2)=c2ccccc2=NC1Cl. The molecular formula is C14H13ClN2O2. The highest BCUT2D eigenvalue weighted by Crippen LogP contribution is 2.24. The fourth-order valence-electron chi connectivity index (χ4n) is 2.48. The molecule has 1 fully saturated rings. The first-order valence-corrected chi connectivity index (χ1v) is 6.64. The van der Waals surface area contributed by atoms with Crippen molar-refractivity contribution in [3.63, 3.8) is 0 Å². The predicted octanol–water partition coefficient (Wildman–Crippen LogP) is -0.218. The van der Waals surface area contributed by atoms with Crippen LogP contribution in [0.3, 0.4) is 0 Å². The number of nitrogens with zero attached hydrogens (tertiary/aromatic N) is 1. The topological polar surface area (TPSA) is 50.7 Å². The van der Waals surface area contributed by atoms with Crippen LogP contribution in [0.2, 0.25) is 0 Å². The first-order chi connectivity index (χ1) is 9.31. The zero-order valence-corrected chi connectivity index (χ0v) is 11.0. The summed E-state index contributed by atoms with van der Waals surface area (Å²) in [4.78, 5) is 15.5. The Morgan fingerprint density at radius 3 is 3.00 bits per heavy atom. The quantitative estimate of drug-likeness (QED) is 0.438. The van der Waals surface area contributed by atoms with E-state index in [9.17, 15) is 4.79 Å². The third kappa shape index (κ3) is 2.24. The summed E-state index contributed by atoms with van der Waals surface area (Å²) >= 11 is 6.16. The van der Waals surface area contributed by atoms with Crippen molar-refractivity contribution >= 4 is 23.1 Å². The second kappa shape index (κ2) is 5.27. The van der Waals surface area contributed by atoms with Crippen molar-refractivity contribution in [3.05, 3.63) is 40.4 Å². The predicted molar refractivity (Wildman–Crippen MR) is 72.1 cm³/mol. The molecule has 0 amide bonds. The lowest BCUT2D eigenvalue weighted by Gasteiger charge is -2.28. The minimum absolute atomic E-state index is 0.178. The van der Waals surface area contributed by atoms with Crippen LogP contribution in [0.5, 0.6) is 0 Å². The maximum atomic E-state index is 11.2. The van der Waals surface area contributed by atoms with Gasteiger partial charge in [0.25, 0.3) is 0 Å². The summed E-state index contributed by atoms with van der Waals surface area (Å²) in [6.45, 7) is 2.10. The number of nitrogens with one attached hydrogen (secondary N) is 1. The lowest BCUT2D eigenvalue weighted by Crippen LogP contribution is -2.45. The van der Waals surface area contributed by atoms with Crippen LogP contribution in [0.15, 0.2) is 34.8 Å². The van der Waals surface area contributed by atoms with Crippen LogP contribution in [-0.4, -0.2) is 37.2 Å². The number of morpholine rings is 1. The number of carbonyl (C=O) groups excluding carboxylic acids is 1. The van der Waals surface area contributed by atoms with E-state index in [1.807, 2.05) is 30.2 Å². The van der Waals surface area contributed by atoms with Gasteiger partial charge in [-0.2, -0.15) is 0 Å². The molecule has 98 valence electrons. The van der Waals surface area contributed by atoms with Crippen molar-refractivity contribution < 1.29 is 9.53 Å². The Hall–Kier alpha value is -1.45. The summed E-state index contributed by atoms with van der Waals surface area (Å²) in [6.07, 6.45) is -0.178. The molecule has 0 aliphatic carbocycles. The molecule has 19 heavy (non-hydrogen) atoms. The Bertz CT molecular complexity index is 658. The molecule has 3 rings (SSSR count). The van der Waals surface area contributed by atoms with Crippen LogP contribution in [0.25, 0.3) is 5.57 Å². The molecule has 0 saturated carbocycles. The molecule has 2 atom stereocenters. The smallest absolute Gasteiger partial charge is 0.160 e. The van der Waals surface area contributed by atoms with E-state index in [1.165, 1.54) is 0 Å². The van der Waals surface area contributed by atoms with E-state index in [0.717, 1.165) is 22.7 Å². The maximum absolute atomic E-state index is 11.2. The van der Waals surface area contributed by atoms with Gasteiger partial charge in [-0.1, -0.05) is 29.8 Å². The monoisotopic (exact) mass is 276 g/mol. The molecule has 1 N–H and O–H groups in total.